The molecule has 138 valence electrons. The first-order valence-electron chi connectivity index (χ1n) is 10.1. The Labute approximate surface area is 143 Å². The standard InChI is InChI=1S/C20H40O3/c21-16-19-14-12-10-8-6-4-2-1-3-5-7-9-11-13-15-20(19,17-22)18-23/h19,21-23H,1-18H2. The highest BCUT2D eigenvalue weighted by molar-refractivity contribution is 4.85. The van der Waals surface area contributed by atoms with E-state index in [2.05, 4.69) is 0 Å². The van der Waals surface area contributed by atoms with Crippen molar-refractivity contribution in [2.75, 3.05) is 19.8 Å². The van der Waals surface area contributed by atoms with Crippen LogP contribution in [0.15, 0.2) is 0 Å². The second kappa shape index (κ2) is 13.2. The van der Waals surface area contributed by atoms with Crippen LogP contribution in [0.5, 0.6) is 0 Å². The molecule has 0 aliphatic heterocycles. The van der Waals surface area contributed by atoms with Gasteiger partial charge in [-0.3, -0.25) is 0 Å². The van der Waals surface area contributed by atoms with Gasteiger partial charge in [-0.2, -0.15) is 0 Å². The highest BCUT2D eigenvalue weighted by Gasteiger charge is 2.36. The van der Waals surface area contributed by atoms with Gasteiger partial charge in [-0.15, -0.1) is 0 Å². The molecule has 1 saturated carbocycles. The van der Waals surface area contributed by atoms with E-state index < -0.39 is 5.41 Å². The van der Waals surface area contributed by atoms with Gasteiger partial charge in [0.1, 0.15) is 0 Å². The molecule has 0 aromatic rings. The molecule has 0 aromatic carbocycles. The number of rotatable bonds is 3. The predicted molar refractivity (Wildman–Crippen MR) is 96.4 cm³/mol. The quantitative estimate of drug-likeness (QED) is 0.718. The van der Waals surface area contributed by atoms with Crippen LogP contribution in [-0.2, 0) is 0 Å². The van der Waals surface area contributed by atoms with Crippen LogP contribution in [-0.4, -0.2) is 35.1 Å². The average Bonchev–Trinajstić information content (AvgIpc) is 2.59. The maximum Gasteiger partial charge on any atom is 0.0512 e. The summed E-state index contributed by atoms with van der Waals surface area (Å²) in [6.07, 6.45) is 18.4. The van der Waals surface area contributed by atoms with E-state index in [9.17, 15) is 15.3 Å². The lowest BCUT2D eigenvalue weighted by molar-refractivity contribution is -0.0303. The van der Waals surface area contributed by atoms with Gasteiger partial charge in [0.2, 0.25) is 0 Å². The van der Waals surface area contributed by atoms with Gasteiger partial charge in [0, 0.05) is 12.0 Å². The summed E-state index contributed by atoms with van der Waals surface area (Å²) in [6, 6.07) is 0. The van der Waals surface area contributed by atoms with Crippen molar-refractivity contribution in [3.8, 4) is 0 Å². The van der Waals surface area contributed by atoms with Gasteiger partial charge >= 0.3 is 0 Å². The molecule has 3 heteroatoms. The third kappa shape index (κ3) is 8.00. The fraction of sp³-hybridized carbons (Fsp3) is 1.00. The zero-order chi connectivity index (χ0) is 16.8. The summed E-state index contributed by atoms with van der Waals surface area (Å²) in [6.45, 7) is 0.0740. The van der Waals surface area contributed by atoms with Crippen molar-refractivity contribution >= 4 is 0 Å². The largest absolute Gasteiger partial charge is 0.396 e. The van der Waals surface area contributed by atoms with E-state index >= 15 is 0 Å². The first kappa shape index (κ1) is 20.9. The summed E-state index contributed by atoms with van der Waals surface area (Å²) in [4.78, 5) is 0. The van der Waals surface area contributed by atoms with Crippen molar-refractivity contribution in [1.29, 1.82) is 0 Å². The summed E-state index contributed by atoms with van der Waals surface area (Å²) in [5, 5.41) is 29.6. The highest BCUT2D eigenvalue weighted by Crippen LogP contribution is 2.36. The monoisotopic (exact) mass is 328 g/mol. The normalized spacial score (nSPS) is 26.5. The van der Waals surface area contributed by atoms with Gasteiger partial charge < -0.3 is 15.3 Å². The zero-order valence-corrected chi connectivity index (χ0v) is 15.1. The lowest BCUT2D eigenvalue weighted by Crippen LogP contribution is -2.40. The van der Waals surface area contributed by atoms with Crippen LogP contribution in [0.25, 0.3) is 0 Å². The minimum atomic E-state index is -0.483. The van der Waals surface area contributed by atoms with Crippen LogP contribution in [0.2, 0.25) is 0 Å². The van der Waals surface area contributed by atoms with Crippen LogP contribution in [0.4, 0.5) is 0 Å². The minimum Gasteiger partial charge on any atom is -0.396 e. The van der Waals surface area contributed by atoms with Crippen LogP contribution in [0.3, 0.4) is 0 Å². The first-order valence-corrected chi connectivity index (χ1v) is 10.1. The third-order valence-corrected chi connectivity index (χ3v) is 5.94. The van der Waals surface area contributed by atoms with Gasteiger partial charge in [-0.1, -0.05) is 83.5 Å². The van der Waals surface area contributed by atoms with E-state index in [1.54, 1.807) is 0 Å². The highest BCUT2D eigenvalue weighted by atomic mass is 16.3. The number of hydrogen-bond acceptors (Lipinski definition) is 3. The minimum absolute atomic E-state index is 0.00523. The van der Waals surface area contributed by atoms with Crippen molar-refractivity contribution < 1.29 is 15.3 Å². The molecule has 3 N–H and O–H groups in total. The first-order chi connectivity index (χ1) is 11.3. The van der Waals surface area contributed by atoms with E-state index in [1.165, 1.54) is 70.6 Å². The molecule has 0 radical (unpaired) electrons. The molecule has 0 spiro atoms. The molecule has 1 unspecified atom stereocenters. The van der Waals surface area contributed by atoms with Gasteiger partial charge in [-0.05, 0) is 18.8 Å². The Morgan fingerprint density at radius 3 is 1.35 bits per heavy atom. The molecule has 0 saturated heterocycles. The third-order valence-electron chi connectivity index (χ3n) is 5.94. The van der Waals surface area contributed by atoms with Crippen LogP contribution < -0.4 is 0 Å². The molecule has 0 amide bonds. The number of aliphatic hydroxyl groups excluding tert-OH is 3. The fourth-order valence-corrected chi connectivity index (χ4v) is 4.07. The van der Waals surface area contributed by atoms with Crippen LogP contribution >= 0.6 is 0 Å². The molecule has 0 aromatic heterocycles. The zero-order valence-electron chi connectivity index (χ0n) is 15.1. The van der Waals surface area contributed by atoms with E-state index in [0.717, 1.165) is 25.7 Å². The number of aliphatic hydroxyl groups is 3. The molecule has 1 aliphatic rings. The topological polar surface area (TPSA) is 60.7 Å². The summed E-state index contributed by atoms with van der Waals surface area (Å²) in [5.74, 6) is 0.0354. The second-order valence-corrected chi connectivity index (χ2v) is 7.69. The maximum absolute atomic E-state index is 9.90. The summed E-state index contributed by atoms with van der Waals surface area (Å²) < 4.78 is 0. The van der Waals surface area contributed by atoms with Crippen molar-refractivity contribution in [3.63, 3.8) is 0 Å². The molecule has 23 heavy (non-hydrogen) atoms. The maximum atomic E-state index is 9.90. The van der Waals surface area contributed by atoms with Gasteiger partial charge in [0.15, 0.2) is 0 Å². The van der Waals surface area contributed by atoms with Crippen LogP contribution in [0, 0.1) is 11.3 Å². The Morgan fingerprint density at radius 2 is 0.957 bits per heavy atom. The van der Waals surface area contributed by atoms with Crippen molar-refractivity contribution in [2.24, 2.45) is 11.3 Å². The fourth-order valence-electron chi connectivity index (χ4n) is 4.07. The lowest BCUT2D eigenvalue weighted by atomic mass is 9.71. The Balaban J connectivity index is 2.55. The number of hydrogen-bond donors (Lipinski definition) is 3. The van der Waals surface area contributed by atoms with Gasteiger partial charge in [-0.25, -0.2) is 0 Å². The lowest BCUT2D eigenvalue weighted by Gasteiger charge is -2.37. The molecule has 1 rings (SSSR count). The van der Waals surface area contributed by atoms with Gasteiger partial charge in [0.25, 0.3) is 0 Å². The summed E-state index contributed by atoms with van der Waals surface area (Å²) in [7, 11) is 0. The SMILES string of the molecule is OCC1CCCCCCCCCCCCCCCC1(CO)CO. The van der Waals surface area contributed by atoms with E-state index in [0.29, 0.717) is 0 Å². The molecule has 0 bridgehead atoms. The van der Waals surface area contributed by atoms with Crippen LogP contribution in [0.1, 0.15) is 96.3 Å². The molecule has 1 aliphatic carbocycles. The molecular formula is C20H40O3. The Morgan fingerprint density at radius 1 is 0.565 bits per heavy atom. The molecule has 1 fully saturated rings. The molecular weight excluding hydrogens is 288 g/mol. The van der Waals surface area contributed by atoms with Crippen molar-refractivity contribution in [3.05, 3.63) is 0 Å². The van der Waals surface area contributed by atoms with E-state index in [1.807, 2.05) is 0 Å². The summed E-state index contributed by atoms with van der Waals surface area (Å²) in [5.41, 5.74) is -0.483. The smallest absolute Gasteiger partial charge is 0.0512 e. The van der Waals surface area contributed by atoms with Gasteiger partial charge in [0.05, 0.1) is 13.2 Å². The Kier molecular flexibility index (Phi) is 12.0. The van der Waals surface area contributed by atoms with Crippen molar-refractivity contribution in [1.82, 2.24) is 0 Å². The predicted octanol–water partition coefficient (Wildman–Crippen LogP) is 4.43. The molecule has 1 atom stereocenters. The Bertz CT molecular complexity index is 264. The molecule has 3 nitrogen and oxygen atoms in total. The van der Waals surface area contributed by atoms with E-state index in [-0.39, 0.29) is 25.7 Å². The Hall–Kier alpha value is -0.120. The molecule has 0 heterocycles. The van der Waals surface area contributed by atoms with Crippen molar-refractivity contribution in [2.45, 2.75) is 96.3 Å². The average molecular weight is 329 g/mol. The summed E-state index contributed by atoms with van der Waals surface area (Å²) >= 11 is 0. The van der Waals surface area contributed by atoms with E-state index in [4.69, 9.17) is 0 Å². The second-order valence-electron chi connectivity index (χ2n) is 7.69.